The molecule has 3 aromatic heterocycles. The van der Waals surface area contributed by atoms with Crippen molar-refractivity contribution >= 4 is 70.8 Å². The summed E-state index contributed by atoms with van der Waals surface area (Å²) in [6, 6.07) is 30.8. The Labute approximate surface area is 177 Å². The van der Waals surface area contributed by atoms with Crippen LogP contribution in [0.5, 0.6) is 0 Å². The molecule has 0 aliphatic rings. The topological polar surface area (TPSA) is 17.6 Å². The number of aromatic nitrogens is 1. The van der Waals surface area contributed by atoms with Crippen LogP contribution in [0.15, 0.2) is 89.3 Å². The fourth-order valence-electron chi connectivity index (χ4n) is 5.76. The predicted octanol–water partition coefficient (Wildman–Crippen LogP) is 8.20. The third-order valence-corrected chi connectivity index (χ3v) is 6.91. The minimum Gasteiger partial charge on any atom is -0.456 e. The van der Waals surface area contributed by atoms with Crippen molar-refractivity contribution in [2.24, 2.45) is 0 Å². The number of fused-ring (bicyclic) bond motifs is 7. The first-order chi connectivity index (χ1) is 15.3. The van der Waals surface area contributed by atoms with Crippen molar-refractivity contribution in [3.63, 3.8) is 0 Å². The third-order valence-electron chi connectivity index (χ3n) is 6.91. The fraction of sp³-hybridized carbons (Fsp3) is 0.0345. The van der Waals surface area contributed by atoms with Crippen LogP contribution in [0, 0.1) is 6.92 Å². The molecule has 8 rings (SSSR count). The van der Waals surface area contributed by atoms with E-state index in [9.17, 15) is 0 Å². The minimum atomic E-state index is 0.954. The molecule has 0 unspecified atom stereocenters. The van der Waals surface area contributed by atoms with Gasteiger partial charge in [-0.05, 0) is 59.0 Å². The lowest BCUT2D eigenvalue weighted by molar-refractivity contribution is 0.669. The summed E-state index contributed by atoms with van der Waals surface area (Å²) in [7, 11) is 0. The molecule has 2 nitrogen and oxygen atoms in total. The van der Waals surface area contributed by atoms with Crippen LogP contribution in [0.3, 0.4) is 0 Å². The van der Waals surface area contributed by atoms with E-state index in [-0.39, 0.29) is 0 Å². The summed E-state index contributed by atoms with van der Waals surface area (Å²) in [5.41, 5.74) is 6.86. The normalized spacial score (nSPS) is 12.7. The van der Waals surface area contributed by atoms with Crippen LogP contribution >= 0.6 is 0 Å². The largest absolute Gasteiger partial charge is 0.456 e. The fourth-order valence-corrected chi connectivity index (χ4v) is 5.76. The van der Waals surface area contributed by atoms with Gasteiger partial charge in [-0.1, -0.05) is 54.6 Å². The first-order valence-corrected chi connectivity index (χ1v) is 10.7. The summed E-state index contributed by atoms with van der Waals surface area (Å²) in [6.45, 7) is 2.15. The van der Waals surface area contributed by atoms with Crippen molar-refractivity contribution in [3.05, 3.63) is 90.5 Å². The molecule has 0 bridgehead atoms. The second kappa shape index (κ2) is 5.16. The van der Waals surface area contributed by atoms with E-state index in [0.717, 1.165) is 11.2 Å². The molecule has 8 aromatic rings. The summed E-state index contributed by atoms with van der Waals surface area (Å²) in [5, 5.41) is 10.1. The van der Waals surface area contributed by atoms with Gasteiger partial charge in [0, 0.05) is 21.5 Å². The summed E-state index contributed by atoms with van der Waals surface area (Å²) in [4.78, 5) is 0. The standard InChI is InChI=1S/C29H17NO/c1-16-13-23-28-25(14-16)31-24-12-6-10-20(27(24)28)26-18-8-3-2-7-17(18)15-21-19-9-4-5-11-22(19)30(23)29(21)26/h2-15H,1H3. The maximum absolute atomic E-state index is 6.39. The molecule has 0 spiro atoms. The third kappa shape index (κ3) is 1.76. The van der Waals surface area contributed by atoms with Gasteiger partial charge in [0.05, 0.1) is 21.9 Å². The molecule has 31 heavy (non-hydrogen) atoms. The Morgan fingerprint density at radius 3 is 2.32 bits per heavy atom. The van der Waals surface area contributed by atoms with E-state index in [1.807, 2.05) is 0 Å². The van der Waals surface area contributed by atoms with Gasteiger partial charge < -0.3 is 8.82 Å². The highest BCUT2D eigenvalue weighted by molar-refractivity contribution is 6.34. The summed E-state index contributed by atoms with van der Waals surface area (Å²) < 4.78 is 8.86. The summed E-state index contributed by atoms with van der Waals surface area (Å²) in [5.74, 6) is 0. The van der Waals surface area contributed by atoms with E-state index in [4.69, 9.17) is 4.42 Å². The molecule has 2 heteroatoms. The molecular weight excluding hydrogens is 378 g/mol. The van der Waals surface area contributed by atoms with Crippen LogP contribution in [0.2, 0.25) is 0 Å². The number of furan rings is 1. The van der Waals surface area contributed by atoms with E-state index >= 15 is 0 Å². The predicted molar refractivity (Wildman–Crippen MR) is 131 cm³/mol. The van der Waals surface area contributed by atoms with Gasteiger partial charge in [0.1, 0.15) is 11.2 Å². The average Bonchev–Trinajstić information content (AvgIpc) is 3.28. The minimum absolute atomic E-state index is 0.954. The van der Waals surface area contributed by atoms with Crippen LogP contribution in [0.25, 0.3) is 70.8 Å². The molecule has 144 valence electrons. The SMILES string of the molecule is Cc1cc2oc3cccc4c3c2c(c1)n1c2ccccc2c2cc3ccccc3c4c21. The number of nitrogens with zero attached hydrogens (tertiary/aromatic N) is 1. The lowest BCUT2D eigenvalue weighted by atomic mass is 9.98. The molecule has 0 aliphatic carbocycles. The molecule has 0 aliphatic heterocycles. The number of aryl methyl sites for hydroxylation is 1. The summed E-state index contributed by atoms with van der Waals surface area (Å²) in [6.07, 6.45) is 0. The first-order valence-electron chi connectivity index (χ1n) is 10.7. The van der Waals surface area contributed by atoms with Gasteiger partial charge in [-0.25, -0.2) is 0 Å². The Morgan fingerprint density at radius 1 is 0.581 bits per heavy atom. The van der Waals surface area contributed by atoms with Gasteiger partial charge in [0.25, 0.3) is 0 Å². The highest BCUT2D eigenvalue weighted by Crippen LogP contribution is 2.45. The molecule has 0 radical (unpaired) electrons. The number of hydrogen-bond donors (Lipinski definition) is 0. The zero-order chi connectivity index (χ0) is 20.3. The van der Waals surface area contributed by atoms with Gasteiger partial charge in [0.2, 0.25) is 0 Å². The lowest BCUT2D eigenvalue weighted by Gasteiger charge is -2.06. The second-order valence-electron chi connectivity index (χ2n) is 8.66. The molecule has 0 fully saturated rings. The van der Waals surface area contributed by atoms with Crippen LogP contribution in [-0.2, 0) is 0 Å². The van der Waals surface area contributed by atoms with Crippen molar-refractivity contribution in [3.8, 4) is 0 Å². The summed E-state index contributed by atoms with van der Waals surface area (Å²) >= 11 is 0. The van der Waals surface area contributed by atoms with Crippen LogP contribution in [-0.4, -0.2) is 4.40 Å². The Hall–Kier alpha value is -4.04. The van der Waals surface area contributed by atoms with E-state index in [1.54, 1.807) is 0 Å². The Balaban J connectivity index is 1.95. The van der Waals surface area contributed by atoms with E-state index in [0.29, 0.717) is 0 Å². The Morgan fingerprint density at radius 2 is 1.39 bits per heavy atom. The van der Waals surface area contributed by atoms with E-state index < -0.39 is 0 Å². The smallest absolute Gasteiger partial charge is 0.137 e. The highest BCUT2D eigenvalue weighted by Gasteiger charge is 2.21. The number of para-hydroxylation sites is 1. The molecule has 5 aromatic carbocycles. The quantitative estimate of drug-likeness (QED) is 0.253. The van der Waals surface area contributed by atoms with Crippen LogP contribution in [0.4, 0.5) is 0 Å². The second-order valence-corrected chi connectivity index (χ2v) is 8.66. The Kier molecular flexibility index (Phi) is 2.62. The van der Waals surface area contributed by atoms with Crippen molar-refractivity contribution in [2.75, 3.05) is 0 Å². The highest BCUT2D eigenvalue weighted by atomic mass is 16.3. The van der Waals surface area contributed by atoms with Gasteiger partial charge >= 0.3 is 0 Å². The van der Waals surface area contributed by atoms with Crippen LogP contribution in [0.1, 0.15) is 5.56 Å². The van der Waals surface area contributed by atoms with Gasteiger partial charge in [-0.2, -0.15) is 0 Å². The molecular formula is C29H17NO. The van der Waals surface area contributed by atoms with Gasteiger partial charge in [-0.3, -0.25) is 0 Å². The molecule has 0 atom stereocenters. The maximum atomic E-state index is 6.39. The maximum Gasteiger partial charge on any atom is 0.137 e. The Bertz CT molecular complexity index is 2000. The molecule has 0 saturated heterocycles. The van der Waals surface area contributed by atoms with Gasteiger partial charge in [0.15, 0.2) is 0 Å². The zero-order valence-electron chi connectivity index (χ0n) is 16.9. The van der Waals surface area contributed by atoms with E-state index in [1.165, 1.54) is 65.2 Å². The van der Waals surface area contributed by atoms with E-state index in [2.05, 4.69) is 96.3 Å². The van der Waals surface area contributed by atoms with Crippen LogP contribution < -0.4 is 0 Å². The van der Waals surface area contributed by atoms with Crippen molar-refractivity contribution < 1.29 is 4.42 Å². The molecule has 0 amide bonds. The lowest BCUT2D eigenvalue weighted by Crippen LogP contribution is -1.86. The molecule has 0 N–H and O–H groups in total. The van der Waals surface area contributed by atoms with Crippen molar-refractivity contribution in [1.82, 2.24) is 4.40 Å². The first kappa shape index (κ1) is 15.8. The monoisotopic (exact) mass is 395 g/mol. The number of hydrogen-bond acceptors (Lipinski definition) is 1. The van der Waals surface area contributed by atoms with Gasteiger partial charge in [-0.15, -0.1) is 0 Å². The molecule has 3 heterocycles. The van der Waals surface area contributed by atoms with Crippen molar-refractivity contribution in [2.45, 2.75) is 6.92 Å². The van der Waals surface area contributed by atoms with Crippen molar-refractivity contribution in [1.29, 1.82) is 0 Å². The number of benzene rings is 5. The molecule has 0 saturated carbocycles. The average molecular weight is 395 g/mol. The number of rotatable bonds is 0. The zero-order valence-corrected chi connectivity index (χ0v) is 16.9.